The number of hydrogen-bond donors (Lipinski definition) is 1. The first-order valence-electron chi connectivity index (χ1n) is 8.75. The van der Waals surface area contributed by atoms with Crippen molar-refractivity contribution in [1.29, 1.82) is 0 Å². The summed E-state index contributed by atoms with van der Waals surface area (Å²) in [5, 5.41) is 5.91. The summed E-state index contributed by atoms with van der Waals surface area (Å²) < 4.78 is 87.0. The number of nitrogens with zero attached hydrogens (tertiary/aromatic N) is 3. The Balaban J connectivity index is 0.000000512. The normalized spacial score (nSPS) is 12.9. The largest absolute Gasteiger partial charge is 0.741 e. The van der Waals surface area contributed by atoms with E-state index in [0.29, 0.717) is 12.1 Å². The molecule has 0 aromatic carbocycles. The Morgan fingerprint density at radius 2 is 1.90 bits per heavy atom. The van der Waals surface area contributed by atoms with Crippen LogP contribution in [-0.2, 0) is 33.7 Å². The first kappa shape index (κ1) is 27.1. The van der Waals surface area contributed by atoms with Crippen molar-refractivity contribution in [3.8, 4) is 0 Å². The van der Waals surface area contributed by atoms with Gasteiger partial charge in [0.05, 0.1) is 29.9 Å². The molecule has 0 radical (unpaired) electrons. The molecular weight excluding hydrogens is 481 g/mol. The van der Waals surface area contributed by atoms with Crippen molar-refractivity contribution in [2.75, 3.05) is 5.75 Å². The van der Waals surface area contributed by atoms with Crippen LogP contribution >= 0.6 is 11.3 Å². The summed E-state index contributed by atoms with van der Waals surface area (Å²) in [6.45, 7) is 4.66. The number of rotatable bonds is 8. The summed E-state index contributed by atoms with van der Waals surface area (Å²) in [6.07, 6.45) is 5.42. The topological polar surface area (TPSA) is 125 Å². The number of unbranched alkanes of at least 4 members (excludes halogenated alkanes) is 1. The third-order valence-corrected chi connectivity index (χ3v) is 6.71. The van der Waals surface area contributed by atoms with Gasteiger partial charge in [0.2, 0.25) is 10.0 Å². The number of nitrogens with one attached hydrogen (secondary N) is 1. The molecule has 0 saturated carbocycles. The summed E-state index contributed by atoms with van der Waals surface area (Å²) in [6, 6.07) is 3.83. The summed E-state index contributed by atoms with van der Waals surface area (Å²) in [7, 11) is -7.47. The van der Waals surface area contributed by atoms with Crippen molar-refractivity contribution >= 4 is 37.2 Å². The van der Waals surface area contributed by atoms with Gasteiger partial charge < -0.3 is 4.55 Å². The lowest BCUT2D eigenvalue weighted by molar-refractivity contribution is -0.677. The Kier molecular flexibility index (Phi) is 9.66. The summed E-state index contributed by atoms with van der Waals surface area (Å²) >= 11 is 1.53. The fraction of sp³-hybridized carbons (Fsp3) is 0.500. The fourth-order valence-electron chi connectivity index (χ4n) is 2.13. The fourth-order valence-corrected chi connectivity index (χ4v) is 3.76. The highest BCUT2D eigenvalue weighted by atomic mass is 32.2. The predicted molar refractivity (Wildman–Crippen MR) is 109 cm³/mol. The number of hydrazone groups is 1. The van der Waals surface area contributed by atoms with Gasteiger partial charge in [-0.2, -0.15) is 18.3 Å². The molecule has 176 valence electrons. The van der Waals surface area contributed by atoms with Crippen molar-refractivity contribution in [2.45, 2.75) is 38.7 Å². The lowest BCUT2D eigenvalue weighted by atomic mass is 10.3. The first-order chi connectivity index (χ1) is 14.1. The average Bonchev–Trinajstić information content (AvgIpc) is 3.28. The van der Waals surface area contributed by atoms with E-state index >= 15 is 0 Å². The standard InChI is InChI=1S/C15H23N4O2S2.CHF3O3S/c1-13(15-7-6-11-22-15)16-17-23(20,21)12-5-4-8-19-10-9-18(3)14(19)2;2-1(3,4)8(5,6)7/h6-7,9-11,17H,4-5,8,12H2,1-3H3;(H,5,6,7)/q+1;/p-1/b16-13-;. The Morgan fingerprint density at radius 1 is 1.29 bits per heavy atom. The Hall–Kier alpha value is -1.97. The molecule has 9 nitrogen and oxygen atoms in total. The van der Waals surface area contributed by atoms with E-state index in [2.05, 4.69) is 14.5 Å². The molecule has 2 aromatic heterocycles. The highest BCUT2D eigenvalue weighted by Crippen LogP contribution is 2.20. The highest BCUT2D eigenvalue weighted by Gasteiger charge is 2.36. The molecule has 2 aromatic rings. The van der Waals surface area contributed by atoms with Crippen LogP contribution in [0, 0.1) is 6.92 Å². The molecule has 0 spiro atoms. The number of imidazole rings is 1. The SMILES string of the molecule is C/C(=N/NS(=O)(=O)CCCCn1cc[n+](C)c1C)c1cccs1.O=S(=O)([O-])C(F)(F)F. The maximum absolute atomic E-state index is 12.0. The second-order valence-electron chi connectivity index (χ2n) is 6.34. The van der Waals surface area contributed by atoms with Crippen LogP contribution in [0.1, 0.15) is 30.5 Å². The quantitative estimate of drug-likeness (QED) is 0.147. The van der Waals surface area contributed by atoms with E-state index in [0.717, 1.165) is 23.7 Å². The average molecular weight is 505 g/mol. The summed E-state index contributed by atoms with van der Waals surface area (Å²) in [5.74, 6) is 1.24. The van der Waals surface area contributed by atoms with Gasteiger partial charge in [0, 0.05) is 6.92 Å². The molecule has 0 aliphatic heterocycles. The van der Waals surface area contributed by atoms with Crippen LogP contribution in [0.3, 0.4) is 0 Å². The minimum absolute atomic E-state index is 0.0840. The predicted octanol–water partition coefficient (Wildman–Crippen LogP) is 1.86. The molecule has 0 aliphatic rings. The number of aromatic nitrogens is 2. The third-order valence-electron chi connectivity index (χ3n) is 3.97. The van der Waals surface area contributed by atoms with Crippen molar-refractivity contribution in [1.82, 2.24) is 9.40 Å². The van der Waals surface area contributed by atoms with E-state index in [1.807, 2.05) is 48.4 Å². The monoisotopic (exact) mass is 504 g/mol. The van der Waals surface area contributed by atoms with Gasteiger partial charge in [-0.15, -0.1) is 11.3 Å². The molecule has 1 N–H and O–H groups in total. The molecule has 0 amide bonds. The number of sulfonamides is 1. The molecule has 0 saturated heterocycles. The maximum atomic E-state index is 12.0. The van der Waals surface area contributed by atoms with E-state index in [-0.39, 0.29) is 5.75 Å². The smallest absolute Gasteiger partial charge is 0.485 e. The second kappa shape index (κ2) is 11.1. The summed E-state index contributed by atoms with van der Waals surface area (Å²) in [5.41, 5.74) is -4.97. The van der Waals surface area contributed by atoms with E-state index in [1.54, 1.807) is 6.92 Å². The van der Waals surface area contributed by atoms with Gasteiger partial charge in [-0.05, 0) is 31.2 Å². The molecule has 0 bridgehead atoms. The van der Waals surface area contributed by atoms with Gasteiger partial charge in [-0.1, -0.05) is 6.07 Å². The molecule has 0 unspecified atom stereocenters. The van der Waals surface area contributed by atoms with Crippen molar-refractivity contribution in [3.05, 3.63) is 40.6 Å². The van der Waals surface area contributed by atoms with Crippen LogP contribution in [-0.4, -0.2) is 42.9 Å². The molecule has 31 heavy (non-hydrogen) atoms. The van der Waals surface area contributed by atoms with Gasteiger partial charge in [0.1, 0.15) is 12.4 Å². The van der Waals surface area contributed by atoms with Crippen molar-refractivity contribution in [3.63, 3.8) is 0 Å². The van der Waals surface area contributed by atoms with Crippen LogP contribution in [0.25, 0.3) is 0 Å². The number of thiophene rings is 1. The molecule has 0 atom stereocenters. The Morgan fingerprint density at radius 3 is 2.35 bits per heavy atom. The third kappa shape index (κ3) is 9.37. The van der Waals surface area contributed by atoms with E-state index in [1.165, 1.54) is 11.3 Å². The molecular formula is C16H23F3N4O5S3. The van der Waals surface area contributed by atoms with Crippen LogP contribution in [0.2, 0.25) is 0 Å². The van der Waals surface area contributed by atoms with Crippen LogP contribution < -0.4 is 9.40 Å². The number of halogens is 3. The van der Waals surface area contributed by atoms with Crippen molar-refractivity contribution < 1.29 is 39.1 Å². The van der Waals surface area contributed by atoms with E-state index in [4.69, 9.17) is 13.0 Å². The van der Waals surface area contributed by atoms with Gasteiger partial charge in [0.25, 0.3) is 5.82 Å². The first-order valence-corrected chi connectivity index (χ1v) is 12.7. The molecule has 0 aliphatic carbocycles. The summed E-state index contributed by atoms with van der Waals surface area (Å²) in [4.78, 5) is 3.28. The zero-order valence-electron chi connectivity index (χ0n) is 17.0. The molecule has 0 fully saturated rings. The number of alkyl halides is 3. The van der Waals surface area contributed by atoms with Gasteiger partial charge >= 0.3 is 5.51 Å². The second-order valence-corrected chi connectivity index (χ2v) is 10.5. The zero-order chi connectivity index (χ0) is 23.9. The lowest BCUT2D eigenvalue weighted by Gasteiger charge is -2.08. The van der Waals surface area contributed by atoms with Crippen LogP contribution in [0.5, 0.6) is 0 Å². The van der Waals surface area contributed by atoms with Gasteiger partial charge in [-0.25, -0.2) is 30.8 Å². The van der Waals surface area contributed by atoms with E-state index in [9.17, 15) is 21.6 Å². The lowest BCUT2D eigenvalue weighted by Crippen LogP contribution is -2.29. The van der Waals surface area contributed by atoms with Crippen LogP contribution in [0.15, 0.2) is 35.0 Å². The molecule has 15 heteroatoms. The minimum atomic E-state index is -6.09. The maximum Gasteiger partial charge on any atom is 0.485 e. The van der Waals surface area contributed by atoms with Gasteiger partial charge in [-0.3, -0.25) is 0 Å². The van der Waals surface area contributed by atoms with Crippen molar-refractivity contribution in [2.24, 2.45) is 12.1 Å². The van der Waals surface area contributed by atoms with E-state index < -0.39 is 25.6 Å². The Labute approximate surface area is 183 Å². The minimum Gasteiger partial charge on any atom is -0.741 e. The zero-order valence-corrected chi connectivity index (χ0v) is 19.4. The van der Waals surface area contributed by atoms with Crippen LogP contribution in [0.4, 0.5) is 13.2 Å². The number of hydrogen-bond acceptors (Lipinski definition) is 7. The number of aryl methyl sites for hydroxylation is 2. The van der Waals surface area contributed by atoms with Gasteiger partial charge in [0.15, 0.2) is 10.1 Å². The molecule has 2 heterocycles. The molecule has 2 rings (SSSR count). The highest BCUT2D eigenvalue weighted by molar-refractivity contribution is 7.89. The Bertz CT molecular complexity index is 1080.